The SMILES string of the molecule is NCc1nnc(NC2CCCc3ccccc32)o1. The molecule has 0 radical (unpaired) electrons. The van der Waals surface area contributed by atoms with Crippen LogP contribution < -0.4 is 11.1 Å². The zero-order valence-corrected chi connectivity index (χ0v) is 10.1. The van der Waals surface area contributed by atoms with E-state index < -0.39 is 0 Å². The van der Waals surface area contributed by atoms with Gasteiger partial charge in [-0.2, -0.15) is 0 Å². The van der Waals surface area contributed by atoms with Crippen LogP contribution >= 0.6 is 0 Å². The zero-order chi connectivity index (χ0) is 12.4. The molecule has 2 aromatic rings. The highest BCUT2D eigenvalue weighted by molar-refractivity contribution is 5.37. The molecule has 1 unspecified atom stereocenters. The molecule has 5 nitrogen and oxygen atoms in total. The van der Waals surface area contributed by atoms with Gasteiger partial charge in [0, 0.05) is 0 Å². The van der Waals surface area contributed by atoms with Gasteiger partial charge in [-0.1, -0.05) is 29.4 Å². The Morgan fingerprint density at radius 3 is 3.06 bits per heavy atom. The van der Waals surface area contributed by atoms with Crippen molar-refractivity contribution >= 4 is 6.01 Å². The molecule has 0 saturated carbocycles. The van der Waals surface area contributed by atoms with E-state index in [4.69, 9.17) is 10.2 Å². The summed E-state index contributed by atoms with van der Waals surface area (Å²) >= 11 is 0. The second-order valence-electron chi connectivity index (χ2n) is 4.49. The first-order valence-electron chi connectivity index (χ1n) is 6.23. The van der Waals surface area contributed by atoms with Crippen LogP contribution in [0.1, 0.15) is 35.9 Å². The largest absolute Gasteiger partial charge is 0.407 e. The molecule has 0 aliphatic heterocycles. The molecule has 1 aliphatic rings. The summed E-state index contributed by atoms with van der Waals surface area (Å²) in [5.74, 6) is 0.460. The average molecular weight is 244 g/mol. The van der Waals surface area contributed by atoms with Gasteiger partial charge in [-0.3, -0.25) is 0 Å². The van der Waals surface area contributed by atoms with Gasteiger partial charge in [0.1, 0.15) is 0 Å². The quantitative estimate of drug-likeness (QED) is 0.863. The van der Waals surface area contributed by atoms with Crippen molar-refractivity contribution in [3.8, 4) is 0 Å². The smallest absolute Gasteiger partial charge is 0.315 e. The van der Waals surface area contributed by atoms with Crippen molar-refractivity contribution in [2.24, 2.45) is 5.73 Å². The molecule has 1 atom stereocenters. The van der Waals surface area contributed by atoms with Crippen LogP contribution in [0.2, 0.25) is 0 Å². The van der Waals surface area contributed by atoms with Crippen molar-refractivity contribution in [1.29, 1.82) is 0 Å². The maximum absolute atomic E-state index is 5.45. The number of nitrogens with zero attached hydrogens (tertiary/aromatic N) is 2. The number of aromatic nitrogens is 2. The van der Waals surface area contributed by atoms with E-state index >= 15 is 0 Å². The number of nitrogens with two attached hydrogens (primary N) is 1. The molecule has 1 aliphatic carbocycles. The number of aryl methyl sites for hydroxylation is 1. The maximum Gasteiger partial charge on any atom is 0.315 e. The van der Waals surface area contributed by atoms with E-state index in [0.29, 0.717) is 11.9 Å². The summed E-state index contributed by atoms with van der Waals surface area (Å²) in [7, 11) is 0. The van der Waals surface area contributed by atoms with Crippen LogP contribution in [-0.4, -0.2) is 10.2 Å². The van der Waals surface area contributed by atoms with Gasteiger partial charge in [0.25, 0.3) is 0 Å². The first-order chi connectivity index (χ1) is 8.86. The lowest BCUT2D eigenvalue weighted by Gasteiger charge is -2.25. The van der Waals surface area contributed by atoms with E-state index in [1.165, 1.54) is 17.5 Å². The molecule has 94 valence electrons. The lowest BCUT2D eigenvalue weighted by molar-refractivity contribution is 0.492. The van der Waals surface area contributed by atoms with Gasteiger partial charge in [-0.15, -0.1) is 5.10 Å². The third kappa shape index (κ3) is 2.09. The first-order valence-corrected chi connectivity index (χ1v) is 6.23. The fraction of sp³-hybridized carbons (Fsp3) is 0.385. The first kappa shape index (κ1) is 11.2. The minimum Gasteiger partial charge on any atom is -0.407 e. The van der Waals surface area contributed by atoms with Crippen molar-refractivity contribution in [1.82, 2.24) is 10.2 Å². The van der Waals surface area contributed by atoms with E-state index in [9.17, 15) is 0 Å². The molecule has 0 spiro atoms. The molecule has 1 aromatic carbocycles. The van der Waals surface area contributed by atoms with Crippen molar-refractivity contribution in [2.45, 2.75) is 31.8 Å². The van der Waals surface area contributed by atoms with E-state index in [-0.39, 0.29) is 12.6 Å². The topological polar surface area (TPSA) is 77.0 Å². The van der Waals surface area contributed by atoms with Crippen molar-refractivity contribution in [3.05, 3.63) is 41.3 Å². The lowest BCUT2D eigenvalue weighted by Crippen LogP contribution is -2.17. The Morgan fingerprint density at radius 1 is 1.33 bits per heavy atom. The fourth-order valence-electron chi connectivity index (χ4n) is 2.45. The third-order valence-electron chi connectivity index (χ3n) is 3.31. The average Bonchev–Trinajstić information content (AvgIpc) is 2.87. The standard InChI is InChI=1S/C13H16N4O/c14-8-12-16-17-13(18-12)15-11-7-3-5-9-4-1-2-6-10(9)11/h1-2,4,6,11H,3,5,7-8,14H2,(H,15,17). The number of rotatable bonds is 3. The number of anilines is 1. The molecule has 1 heterocycles. The maximum atomic E-state index is 5.45. The highest BCUT2D eigenvalue weighted by atomic mass is 16.4. The highest BCUT2D eigenvalue weighted by Crippen LogP contribution is 2.31. The molecular weight excluding hydrogens is 228 g/mol. The lowest BCUT2D eigenvalue weighted by atomic mass is 9.88. The van der Waals surface area contributed by atoms with Crippen LogP contribution in [-0.2, 0) is 13.0 Å². The summed E-state index contributed by atoms with van der Waals surface area (Å²) in [5.41, 5.74) is 8.18. The van der Waals surface area contributed by atoms with Crippen molar-refractivity contribution < 1.29 is 4.42 Å². The molecule has 5 heteroatoms. The van der Waals surface area contributed by atoms with Gasteiger partial charge < -0.3 is 15.5 Å². The summed E-state index contributed by atoms with van der Waals surface area (Å²) < 4.78 is 5.39. The number of benzene rings is 1. The van der Waals surface area contributed by atoms with E-state index in [2.05, 4.69) is 39.8 Å². The normalized spacial score (nSPS) is 18.4. The third-order valence-corrected chi connectivity index (χ3v) is 3.31. The van der Waals surface area contributed by atoms with Crippen LogP contribution in [0.5, 0.6) is 0 Å². The van der Waals surface area contributed by atoms with Gasteiger partial charge >= 0.3 is 6.01 Å². The summed E-state index contributed by atoms with van der Waals surface area (Å²) in [5, 5.41) is 11.1. The van der Waals surface area contributed by atoms with Gasteiger partial charge in [-0.25, -0.2) is 0 Å². The number of nitrogens with one attached hydrogen (secondary N) is 1. The molecule has 0 bridgehead atoms. The van der Waals surface area contributed by atoms with Crippen LogP contribution in [0.3, 0.4) is 0 Å². The fourth-order valence-corrected chi connectivity index (χ4v) is 2.45. The molecule has 3 rings (SSSR count). The highest BCUT2D eigenvalue weighted by Gasteiger charge is 2.21. The van der Waals surface area contributed by atoms with Crippen molar-refractivity contribution in [3.63, 3.8) is 0 Å². The Labute approximate surface area is 105 Å². The number of fused-ring (bicyclic) bond motifs is 1. The number of hydrogen-bond acceptors (Lipinski definition) is 5. The van der Waals surface area contributed by atoms with Crippen LogP contribution in [0, 0.1) is 0 Å². The van der Waals surface area contributed by atoms with Crippen LogP contribution in [0.4, 0.5) is 6.01 Å². The Kier molecular flexibility index (Phi) is 2.98. The molecule has 1 aromatic heterocycles. The Morgan fingerprint density at radius 2 is 2.22 bits per heavy atom. The van der Waals surface area contributed by atoms with E-state index in [1.807, 2.05) is 0 Å². The van der Waals surface area contributed by atoms with Gasteiger partial charge in [0.2, 0.25) is 5.89 Å². The number of hydrogen-bond donors (Lipinski definition) is 2. The second kappa shape index (κ2) is 4.78. The van der Waals surface area contributed by atoms with Crippen LogP contribution in [0.15, 0.2) is 28.7 Å². The monoisotopic (exact) mass is 244 g/mol. The minimum absolute atomic E-state index is 0.251. The summed E-state index contributed by atoms with van der Waals surface area (Å²) in [6.45, 7) is 0.274. The van der Waals surface area contributed by atoms with Gasteiger partial charge in [0.15, 0.2) is 0 Å². The molecule has 3 N–H and O–H groups in total. The van der Waals surface area contributed by atoms with Crippen LogP contribution in [0.25, 0.3) is 0 Å². The summed E-state index contributed by atoms with van der Waals surface area (Å²) in [6, 6.07) is 9.20. The summed E-state index contributed by atoms with van der Waals surface area (Å²) in [4.78, 5) is 0. The second-order valence-corrected chi connectivity index (χ2v) is 4.49. The van der Waals surface area contributed by atoms with E-state index in [1.54, 1.807) is 0 Å². The predicted octanol–water partition coefficient (Wildman–Crippen LogP) is 2.02. The molecule has 0 saturated heterocycles. The molecular formula is C13H16N4O. The van der Waals surface area contributed by atoms with E-state index in [0.717, 1.165) is 12.8 Å². The predicted molar refractivity (Wildman–Crippen MR) is 67.9 cm³/mol. The van der Waals surface area contributed by atoms with Gasteiger partial charge in [-0.05, 0) is 30.4 Å². The zero-order valence-electron chi connectivity index (χ0n) is 10.1. The van der Waals surface area contributed by atoms with Crippen molar-refractivity contribution in [2.75, 3.05) is 5.32 Å². The van der Waals surface area contributed by atoms with Gasteiger partial charge in [0.05, 0.1) is 12.6 Å². The molecule has 0 fully saturated rings. The summed E-state index contributed by atoms with van der Waals surface area (Å²) in [6.07, 6.45) is 3.40. The molecule has 0 amide bonds. The Hall–Kier alpha value is -1.88. The Bertz CT molecular complexity index is 537. The minimum atomic E-state index is 0.251. The molecule has 18 heavy (non-hydrogen) atoms. The Balaban J connectivity index is 1.81.